The molecule has 4 rings (SSSR count). The van der Waals surface area contributed by atoms with Gasteiger partial charge in [0.15, 0.2) is 5.79 Å². The highest BCUT2D eigenvalue weighted by Gasteiger charge is 2.48. The van der Waals surface area contributed by atoms with E-state index < -0.39 is 11.4 Å². The van der Waals surface area contributed by atoms with Crippen molar-refractivity contribution in [2.24, 2.45) is 0 Å². The van der Waals surface area contributed by atoms with Crippen LogP contribution in [0, 0.1) is 0 Å². The van der Waals surface area contributed by atoms with E-state index in [2.05, 4.69) is 27.8 Å². The lowest BCUT2D eigenvalue weighted by Gasteiger charge is -2.48. The zero-order valence-electron chi connectivity index (χ0n) is 16.1. The van der Waals surface area contributed by atoms with Crippen molar-refractivity contribution in [2.45, 2.75) is 56.5 Å². The maximum absolute atomic E-state index is 11.2. The van der Waals surface area contributed by atoms with Gasteiger partial charge in [-0.3, -0.25) is 0 Å². The van der Waals surface area contributed by atoms with Gasteiger partial charge in [-0.1, -0.05) is 36.4 Å². The lowest BCUT2D eigenvalue weighted by molar-refractivity contribution is -0.225. The van der Waals surface area contributed by atoms with Crippen LogP contribution in [0.5, 0.6) is 0 Å². The molecule has 1 N–H and O–H groups in total. The summed E-state index contributed by atoms with van der Waals surface area (Å²) in [6.45, 7) is 2.62. The molecule has 0 spiro atoms. The molecular formula is C22H28N2O3. The maximum Gasteiger partial charge on any atom is 0.171 e. The summed E-state index contributed by atoms with van der Waals surface area (Å²) in [4.78, 5) is 4.35. The van der Waals surface area contributed by atoms with Crippen LogP contribution in [-0.4, -0.2) is 39.8 Å². The molecule has 2 aliphatic carbocycles. The quantitative estimate of drug-likeness (QED) is 0.616. The van der Waals surface area contributed by atoms with Crippen LogP contribution >= 0.6 is 0 Å². The van der Waals surface area contributed by atoms with Crippen molar-refractivity contribution in [1.29, 1.82) is 0 Å². The Morgan fingerprint density at radius 2 is 2.04 bits per heavy atom. The van der Waals surface area contributed by atoms with Crippen LogP contribution in [-0.2, 0) is 9.47 Å². The van der Waals surface area contributed by atoms with E-state index >= 15 is 0 Å². The van der Waals surface area contributed by atoms with Gasteiger partial charge in [-0.25, -0.2) is 4.98 Å². The number of benzene rings is 1. The normalized spacial score (nSPS) is 30.6. The first-order valence-electron chi connectivity index (χ1n) is 9.77. The molecule has 144 valence electrons. The second-order valence-electron chi connectivity index (χ2n) is 7.63. The largest absolute Gasteiger partial charge is 0.385 e. The fourth-order valence-corrected chi connectivity index (χ4v) is 4.48. The average Bonchev–Trinajstić information content (AvgIpc) is 3.16. The van der Waals surface area contributed by atoms with Gasteiger partial charge in [0.05, 0.1) is 23.8 Å². The van der Waals surface area contributed by atoms with Gasteiger partial charge in [-0.2, -0.15) is 0 Å². The molecule has 2 aromatic rings. The van der Waals surface area contributed by atoms with Crippen molar-refractivity contribution in [3.63, 3.8) is 0 Å². The molecule has 1 fully saturated rings. The van der Waals surface area contributed by atoms with Crippen LogP contribution in [0.2, 0.25) is 0 Å². The number of methoxy groups -OCH3 is 1. The minimum absolute atomic E-state index is 0.273. The summed E-state index contributed by atoms with van der Waals surface area (Å²) in [5.74, 6) is -0.525. The van der Waals surface area contributed by atoms with Crippen molar-refractivity contribution in [3.05, 3.63) is 54.5 Å². The van der Waals surface area contributed by atoms with Crippen LogP contribution in [0.25, 0.3) is 11.3 Å². The highest BCUT2D eigenvalue weighted by atomic mass is 16.7. The lowest BCUT2D eigenvalue weighted by Crippen LogP contribution is -2.48. The van der Waals surface area contributed by atoms with Gasteiger partial charge in [-0.05, 0) is 24.5 Å². The summed E-state index contributed by atoms with van der Waals surface area (Å²) in [6, 6.07) is 10.6. The number of aromatic nitrogens is 2. The molecule has 0 amide bonds. The topological polar surface area (TPSA) is 56.5 Å². The predicted octanol–water partition coefficient (Wildman–Crippen LogP) is 4.11. The molecular weight excluding hydrogens is 340 g/mol. The van der Waals surface area contributed by atoms with Crippen molar-refractivity contribution in [2.75, 3.05) is 13.7 Å². The monoisotopic (exact) mass is 368 g/mol. The van der Waals surface area contributed by atoms with Gasteiger partial charge in [-0.15, -0.1) is 0 Å². The van der Waals surface area contributed by atoms with Crippen molar-refractivity contribution in [1.82, 2.24) is 9.55 Å². The Morgan fingerprint density at radius 3 is 2.67 bits per heavy atom. The van der Waals surface area contributed by atoms with Crippen molar-refractivity contribution < 1.29 is 14.6 Å². The Hall–Kier alpha value is -1.95. The molecule has 1 aromatic heterocycles. The van der Waals surface area contributed by atoms with Gasteiger partial charge in [0.25, 0.3) is 0 Å². The van der Waals surface area contributed by atoms with Crippen LogP contribution in [0.4, 0.5) is 0 Å². The van der Waals surface area contributed by atoms with E-state index in [4.69, 9.17) is 9.47 Å². The van der Waals surface area contributed by atoms with Crippen LogP contribution in [0.1, 0.15) is 45.1 Å². The van der Waals surface area contributed by atoms with E-state index in [1.165, 1.54) is 0 Å². The molecule has 2 aliphatic rings. The number of imidazole rings is 1. The third kappa shape index (κ3) is 3.35. The molecule has 1 atom stereocenters. The van der Waals surface area contributed by atoms with Crippen molar-refractivity contribution in [3.8, 4) is 11.3 Å². The maximum atomic E-state index is 11.2. The molecule has 0 bridgehead atoms. The predicted molar refractivity (Wildman–Crippen MR) is 104 cm³/mol. The Morgan fingerprint density at radius 1 is 1.26 bits per heavy atom. The number of ether oxygens (including phenoxy) is 2. The summed E-state index contributed by atoms with van der Waals surface area (Å²) < 4.78 is 13.6. The van der Waals surface area contributed by atoms with E-state index in [-0.39, 0.29) is 6.04 Å². The Balaban J connectivity index is 1.46. The first-order valence-corrected chi connectivity index (χ1v) is 9.77. The summed E-state index contributed by atoms with van der Waals surface area (Å²) in [5, 5.41) is 11.2. The molecule has 1 aromatic carbocycles. The van der Waals surface area contributed by atoms with Gasteiger partial charge < -0.3 is 19.1 Å². The summed E-state index contributed by atoms with van der Waals surface area (Å²) >= 11 is 0. The van der Waals surface area contributed by atoms with Gasteiger partial charge in [0.1, 0.15) is 0 Å². The number of hydrogen-bond donors (Lipinski definition) is 1. The highest BCUT2D eigenvalue weighted by molar-refractivity contribution is 5.59. The number of aliphatic hydroxyl groups is 1. The molecule has 5 heteroatoms. The zero-order chi connectivity index (χ0) is 18.9. The van der Waals surface area contributed by atoms with Crippen molar-refractivity contribution >= 4 is 0 Å². The molecule has 1 heterocycles. The number of rotatable bonds is 6. The average molecular weight is 368 g/mol. The summed E-state index contributed by atoms with van der Waals surface area (Å²) in [7, 11) is 1.70. The standard InChI is InChI=1S/C22H28N2O3/c1-3-27-22(26-2)11-9-18(10-12-22)21(25)13-19(14-21)24-16-23-15-20(24)17-7-5-4-6-8-17/h4-9,15-16,19,25H,3,10-14H2,1-2H3. The van der Waals surface area contributed by atoms with Crippen LogP contribution in [0.15, 0.2) is 54.5 Å². The van der Waals surface area contributed by atoms with Gasteiger partial charge >= 0.3 is 0 Å². The second kappa shape index (κ2) is 7.23. The fraction of sp³-hybridized carbons (Fsp3) is 0.500. The molecule has 0 radical (unpaired) electrons. The molecule has 5 nitrogen and oxygen atoms in total. The Kier molecular flexibility index (Phi) is 4.93. The lowest BCUT2D eigenvalue weighted by atomic mass is 9.67. The molecule has 0 saturated heterocycles. The Bertz CT molecular complexity index is 808. The molecule has 1 saturated carbocycles. The number of nitrogens with zero attached hydrogens (tertiary/aromatic N) is 2. The summed E-state index contributed by atoms with van der Waals surface area (Å²) in [6.07, 6.45) is 9.66. The molecule has 1 unspecified atom stereocenters. The van der Waals surface area contributed by atoms with Gasteiger partial charge in [0, 0.05) is 45.4 Å². The minimum Gasteiger partial charge on any atom is -0.385 e. The zero-order valence-corrected chi connectivity index (χ0v) is 16.1. The van der Waals surface area contributed by atoms with E-state index in [9.17, 15) is 5.11 Å². The minimum atomic E-state index is -0.713. The smallest absolute Gasteiger partial charge is 0.171 e. The second-order valence-corrected chi connectivity index (χ2v) is 7.63. The Labute approximate surface area is 160 Å². The van der Waals surface area contributed by atoms with E-state index in [1.807, 2.05) is 37.6 Å². The molecule has 27 heavy (non-hydrogen) atoms. The SMILES string of the molecule is CCOC1(OC)CC=C(C2(O)CC(n3cncc3-c3ccccc3)C2)CC1. The van der Waals surface area contributed by atoms with E-state index in [1.54, 1.807) is 7.11 Å². The van der Waals surface area contributed by atoms with E-state index in [0.717, 1.165) is 42.5 Å². The first kappa shape index (κ1) is 18.4. The fourth-order valence-electron chi connectivity index (χ4n) is 4.48. The van der Waals surface area contributed by atoms with Gasteiger partial charge in [0.2, 0.25) is 0 Å². The number of hydrogen-bond acceptors (Lipinski definition) is 4. The third-order valence-corrected chi connectivity index (χ3v) is 6.09. The van der Waals surface area contributed by atoms with E-state index in [0.29, 0.717) is 13.0 Å². The highest BCUT2D eigenvalue weighted by Crippen LogP contribution is 2.50. The summed E-state index contributed by atoms with van der Waals surface area (Å²) in [5.41, 5.74) is 2.68. The molecule has 0 aliphatic heterocycles. The van der Waals surface area contributed by atoms with Crippen LogP contribution < -0.4 is 0 Å². The third-order valence-electron chi connectivity index (χ3n) is 6.09. The van der Waals surface area contributed by atoms with Crippen LogP contribution in [0.3, 0.4) is 0 Å². The first-order chi connectivity index (χ1) is 13.1.